The van der Waals surface area contributed by atoms with E-state index in [9.17, 15) is 0 Å². The molecule has 1 N–H and O–H groups in total. The molecule has 1 aliphatic rings. The van der Waals surface area contributed by atoms with Crippen LogP contribution in [0.3, 0.4) is 0 Å². The molecule has 0 unspecified atom stereocenters. The van der Waals surface area contributed by atoms with E-state index >= 15 is 0 Å². The second kappa shape index (κ2) is 6.71. The van der Waals surface area contributed by atoms with Crippen molar-refractivity contribution >= 4 is 55.1 Å². The molecular formula is C14H16BrN5S2. The van der Waals surface area contributed by atoms with E-state index in [1.807, 2.05) is 6.26 Å². The highest BCUT2D eigenvalue weighted by atomic mass is 79.9. The van der Waals surface area contributed by atoms with Gasteiger partial charge in [0.1, 0.15) is 0 Å². The van der Waals surface area contributed by atoms with E-state index in [1.54, 1.807) is 23.1 Å². The van der Waals surface area contributed by atoms with E-state index in [4.69, 9.17) is 10.2 Å². The van der Waals surface area contributed by atoms with E-state index in [0.29, 0.717) is 6.42 Å². The maximum absolute atomic E-state index is 8.93. The Morgan fingerprint density at radius 2 is 2.36 bits per heavy atom. The van der Waals surface area contributed by atoms with Gasteiger partial charge in [-0.2, -0.15) is 5.26 Å². The molecule has 1 aliphatic heterocycles. The van der Waals surface area contributed by atoms with Crippen molar-refractivity contribution in [2.24, 2.45) is 0 Å². The van der Waals surface area contributed by atoms with Gasteiger partial charge in [0, 0.05) is 31.2 Å². The average molecular weight is 398 g/mol. The summed E-state index contributed by atoms with van der Waals surface area (Å²) in [4.78, 5) is 11.7. The summed E-state index contributed by atoms with van der Waals surface area (Å²) in [5.74, 6) is 0.998. The van der Waals surface area contributed by atoms with Crippen molar-refractivity contribution in [1.29, 1.82) is 5.26 Å². The maximum atomic E-state index is 8.93. The zero-order valence-electron chi connectivity index (χ0n) is 12.4. The molecule has 0 saturated carbocycles. The molecule has 116 valence electrons. The molecule has 0 bridgehead atoms. The third kappa shape index (κ3) is 2.95. The van der Waals surface area contributed by atoms with E-state index in [0.717, 1.165) is 44.6 Å². The number of nitriles is 1. The number of anilines is 1. The molecule has 5 nitrogen and oxygen atoms in total. The summed E-state index contributed by atoms with van der Waals surface area (Å²) in [7, 11) is 0. The van der Waals surface area contributed by atoms with Gasteiger partial charge >= 0.3 is 0 Å². The number of nitrogens with zero attached hydrogens (tertiary/aromatic N) is 4. The van der Waals surface area contributed by atoms with Crippen LogP contribution < -0.4 is 10.2 Å². The van der Waals surface area contributed by atoms with Gasteiger partial charge in [0.2, 0.25) is 0 Å². The van der Waals surface area contributed by atoms with Crippen molar-refractivity contribution in [1.82, 2.24) is 15.3 Å². The number of piperazine rings is 1. The number of hydrogen-bond acceptors (Lipinski definition) is 7. The molecule has 22 heavy (non-hydrogen) atoms. The molecule has 0 aromatic carbocycles. The minimum Gasteiger partial charge on any atom is -0.352 e. The fourth-order valence-corrected chi connectivity index (χ4v) is 4.62. The summed E-state index contributed by atoms with van der Waals surface area (Å²) in [5, 5.41) is 13.1. The van der Waals surface area contributed by atoms with Crippen LogP contribution in [0.4, 0.5) is 5.82 Å². The molecule has 0 radical (unpaired) electrons. The average Bonchev–Trinajstić information content (AvgIpc) is 2.82. The Labute approximate surface area is 146 Å². The molecule has 0 amide bonds. The highest BCUT2D eigenvalue weighted by Crippen LogP contribution is 2.39. The number of fused-ring (bicyclic) bond motifs is 1. The number of rotatable bonds is 3. The first-order valence-electron chi connectivity index (χ1n) is 7.00. The first-order chi connectivity index (χ1) is 10.6. The largest absolute Gasteiger partial charge is 0.352 e. The van der Waals surface area contributed by atoms with Gasteiger partial charge in [0.25, 0.3) is 0 Å². The van der Waals surface area contributed by atoms with Crippen molar-refractivity contribution in [3.05, 3.63) is 9.35 Å². The summed E-state index contributed by atoms with van der Waals surface area (Å²) in [6.45, 7) is 4.66. The predicted octanol–water partition coefficient (Wildman–Crippen LogP) is 3.18. The maximum Gasteiger partial charge on any atom is 0.189 e. The van der Waals surface area contributed by atoms with Crippen LogP contribution >= 0.6 is 39.0 Å². The lowest BCUT2D eigenvalue weighted by atomic mass is 10.1. The molecule has 2 aromatic rings. The molecule has 8 heteroatoms. The highest BCUT2D eigenvalue weighted by molar-refractivity contribution is 9.11. The van der Waals surface area contributed by atoms with Crippen LogP contribution in [0.1, 0.15) is 12.0 Å². The van der Waals surface area contributed by atoms with Crippen molar-refractivity contribution in [3.63, 3.8) is 0 Å². The summed E-state index contributed by atoms with van der Waals surface area (Å²) < 4.78 is 2.24. The zero-order chi connectivity index (χ0) is 15.7. The van der Waals surface area contributed by atoms with Crippen molar-refractivity contribution in [3.8, 4) is 6.07 Å². The minimum atomic E-state index is 0.200. The molecule has 3 heterocycles. The van der Waals surface area contributed by atoms with Crippen LogP contribution in [0.15, 0.2) is 8.94 Å². The Morgan fingerprint density at radius 1 is 1.55 bits per heavy atom. The number of thioether (sulfide) groups is 1. The monoisotopic (exact) mass is 397 g/mol. The molecule has 2 aromatic heterocycles. The SMILES string of the molecule is CSc1nc(N2CCN[C@@H](CC#N)C2)c2sc(Br)c(C)c2n1. The fraction of sp³-hybridized carbons (Fsp3) is 0.500. The van der Waals surface area contributed by atoms with Crippen LogP contribution in [0.5, 0.6) is 0 Å². The third-order valence-electron chi connectivity index (χ3n) is 3.74. The highest BCUT2D eigenvalue weighted by Gasteiger charge is 2.24. The molecule has 0 spiro atoms. The van der Waals surface area contributed by atoms with Gasteiger partial charge in [-0.25, -0.2) is 9.97 Å². The van der Waals surface area contributed by atoms with Crippen molar-refractivity contribution < 1.29 is 0 Å². The van der Waals surface area contributed by atoms with Gasteiger partial charge in [-0.1, -0.05) is 11.8 Å². The summed E-state index contributed by atoms with van der Waals surface area (Å²) in [6.07, 6.45) is 2.52. The topological polar surface area (TPSA) is 64.8 Å². The standard InChI is InChI=1S/C14H16BrN5S2/c1-8-10-11(22-12(8)15)13(19-14(18-10)21-2)20-6-5-17-9(7-20)3-4-16/h9,17H,3,5-7H2,1-2H3/t9-/m0/s1. The zero-order valence-corrected chi connectivity index (χ0v) is 15.6. The van der Waals surface area contributed by atoms with Crippen LogP contribution in [0.25, 0.3) is 10.2 Å². The number of thiophene rings is 1. The lowest BCUT2D eigenvalue weighted by Crippen LogP contribution is -2.50. The van der Waals surface area contributed by atoms with Crippen LogP contribution in [-0.2, 0) is 0 Å². The van der Waals surface area contributed by atoms with E-state index < -0.39 is 0 Å². The fourth-order valence-electron chi connectivity index (χ4n) is 2.60. The van der Waals surface area contributed by atoms with Crippen LogP contribution in [0.2, 0.25) is 0 Å². The van der Waals surface area contributed by atoms with Gasteiger partial charge in [0.15, 0.2) is 11.0 Å². The second-order valence-corrected chi connectivity index (χ2v) is 8.28. The molecule has 1 saturated heterocycles. The van der Waals surface area contributed by atoms with E-state index in [-0.39, 0.29) is 6.04 Å². The van der Waals surface area contributed by atoms with Crippen molar-refractivity contribution in [2.75, 3.05) is 30.8 Å². The molecule has 1 fully saturated rings. The number of nitrogens with one attached hydrogen (secondary N) is 1. The Hall–Kier alpha value is -0.880. The minimum absolute atomic E-state index is 0.200. The summed E-state index contributed by atoms with van der Waals surface area (Å²) in [5.41, 5.74) is 2.20. The third-order valence-corrected chi connectivity index (χ3v) is 6.44. The molecule has 3 rings (SSSR count). The van der Waals surface area contributed by atoms with Gasteiger partial charge in [-0.15, -0.1) is 11.3 Å². The number of aryl methyl sites for hydroxylation is 1. The summed E-state index contributed by atoms with van der Waals surface area (Å²) in [6, 6.07) is 2.45. The summed E-state index contributed by atoms with van der Waals surface area (Å²) >= 11 is 6.87. The van der Waals surface area contributed by atoms with Gasteiger partial charge in [-0.3, -0.25) is 0 Å². The Kier molecular flexibility index (Phi) is 4.88. The normalized spacial score (nSPS) is 18.6. The first-order valence-corrected chi connectivity index (χ1v) is 9.83. The predicted molar refractivity (Wildman–Crippen MR) is 95.9 cm³/mol. The van der Waals surface area contributed by atoms with Crippen LogP contribution in [0, 0.1) is 18.3 Å². The Morgan fingerprint density at radius 3 is 3.09 bits per heavy atom. The van der Waals surface area contributed by atoms with Crippen molar-refractivity contribution in [2.45, 2.75) is 24.5 Å². The molecule has 0 aliphatic carbocycles. The lowest BCUT2D eigenvalue weighted by molar-refractivity contribution is 0.461. The second-order valence-electron chi connectivity index (χ2n) is 5.17. The quantitative estimate of drug-likeness (QED) is 0.633. The number of aromatic nitrogens is 2. The smallest absolute Gasteiger partial charge is 0.189 e. The van der Waals surface area contributed by atoms with Gasteiger partial charge in [-0.05, 0) is 29.1 Å². The van der Waals surface area contributed by atoms with E-state index in [2.05, 4.69) is 44.1 Å². The first kappa shape index (κ1) is 16.0. The number of halogens is 1. The Bertz CT molecular complexity index is 739. The van der Waals surface area contributed by atoms with Crippen LogP contribution in [-0.4, -0.2) is 41.9 Å². The molecule has 1 atom stereocenters. The molecular weight excluding hydrogens is 382 g/mol. The van der Waals surface area contributed by atoms with Gasteiger partial charge in [0.05, 0.1) is 26.5 Å². The number of hydrogen-bond donors (Lipinski definition) is 1. The van der Waals surface area contributed by atoms with E-state index in [1.165, 1.54) is 5.56 Å². The Balaban J connectivity index is 2.05. The van der Waals surface area contributed by atoms with Gasteiger partial charge < -0.3 is 10.2 Å². The lowest BCUT2D eigenvalue weighted by Gasteiger charge is -2.33.